The zero-order valence-corrected chi connectivity index (χ0v) is 9.38. The van der Waals surface area contributed by atoms with E-state index in [1.807, 2.05) is 42.5 Å². The van der Waals surface area contributed by atoms with E-state index in [0.717, 1.165) is 11.1 Å². The minimum Gasteiger partial charge on any atom is -0.494 e. The van der Waals surface area contributed by atoms with Gasteiger partial charge in [0.25, 0.3) is 0 Å². The van der Waals surface area contributed by atoms with Gasteiger partial charge >= 0.3 is 0 Å². The average Bonchev–Trinajstić information content (AvgIpc) is 2.40. The Hall–Kier alpha value is -2.38. The number of hydrogen-bond acceptors (Lipinski definition) is 3. The molecule has 0 atom stereocenters. The Labute approximate surface area is 99.4 Å². The lowest BCUT2D eigenvalue weighted by Crippen LogP contribution is -1.86. The van der Waals surface area contributed by atoms with Gasteiger partial charge in [0, 0.05) is 5.56 Å². The third-order valence-electron chi connectivity index (χ3n) is 2.46. The van der Waals surface area contributed by atoms with E-state index in [-0.39, 0.29) is 0 Å². The monoisotopic (exact) mass is 225 g/mol. The first-order chi connectivity index (χ1) is 8.36. The van der Waals surface area contributed by atoms with E-state index >= 15 is 0 Å². The largest absolute Gasteiger partial charge is 0.494 e. The number of aliphatic imine (C=N–C) groups is 1. The summed E-state index contributed by atoms with van der Waals surface area (Å²) in [6.07, 6.45) is 1.56. The summed E-state index contributed by atoms with van der Waals surface area (Å²) in [6, 6.07) is 15.2. The highest BCUT2D eigenvalue weighted by molar-refractivity contribution is 5.81. The molecule has 0 aliphatic heterocycles. The molecule has 2 aromatic carbocycles. The highest BCUT2D eigenvalue weighted by Crippen LogP contribution is 2.37. The first-order valence-electron chi connectivity index (χ1n) is 5.17. The van der Waals surface area contributed by atoms with Gasteiger partial charge in [0.15, 0.2) is 0 Å². The van der Waals surface area contributed by atoms with Crippen LogP contribution >= 0.6 is 0 Å². The second-order valence-corrected chi connectivity index (χ2v) is 3.43. The molecule has 0 N–H and O–H groups in total. The van der Waals surface area contributed by atoms with Crippen molar-refractivity contribution in [3.8, 4) is 16.9 Å². The zero-order chi connectivity index (χ0) is 12.1. The summed E-state index contributed by atoms with van der Waals surface area (Å²) in [6.45, 7) is 0. The van der Waals surface area contributed by atoms with E-state index < -0.39 is 0 Å². The normalized spacial score (nSPS) is 9.47. The van der Waals surface area contributed by atoms with Gasteiger partial charge in [-0.25, -0.2) is 4.79 Å². The number of nitrogens with zero attached hydrogens (tertiary/aromatic N) is 1. The van der Waals surface area contributed by atoms with Crippen LogP contribution in [0, 0.1) is 0 Å². The van der Waals surface area contributed by atoms with Gasteiger partial charge in [-0.15, -0.1) is 0 Å². The summed E-state index contributed by atoms with van der Waals surface area (Å²) in [5.74, 6) is 0.565. The van der Waals surface area contributed by atoms with Crippen LogP contribution in [0.25, 0.3) is 11.1 Å². The lowest BCUT2D eigenvalue weighted by molar-refractivity contribution is 0.416. The summed E-state index contributed by atoms with van der Waals surface area (Å²) >= 11 is 0. The third kappa shape index (κ3) is 2.25. The second kappa shape index (κ2) is 5.10. The van der Waals surface area contributed by atoms with Gasteiger partial charge in [0.2, 0.25) is 6.08 Å². The first kappa shape index (κ1) is 11.1. The predicted octanol–water partition coefficient (Wildman–Crippen LogP) is 3.33. The van der Waals surface area contributed by atoms with Crippen LogP contribution in [0.5, 0.6) is 5.75 Å². The van der Waals surface area contributed by atoms with Crippen molar-refractivity contribution >= 4 is 11.8 Å². The topological polar surface area (TPSA) is 38.7 Å². The number of carbonyl (C=O) groups excluding carboxylic acids is 1. The molecule has 0 aliphatic rings. The van der Waals surface area contributed by atoms with E-state index in [4.69, 9.17) is 4.74 Å². The summed E-state index contributed by atoms with van der Waals surface area (Å²) in [5, 5.41) is 0. The molecule has 0 unspecified atom stereocenters. The maximum absolute atomic E-state index is 10.5. The summed E-state index contributed by atoms with van der Waals surface area (Å²) < 4.78 is 5.19. The molecule has 0 saturated heterocycles. The van der Waals surface area contributed by atoms with Crippen molar-refractivity contribution in [1.82, 2.24) is 0 Å². The molecule has 2 aromatic rings. The van der Waals surface area contributed by atoms with Crippen LogP contribution in [-0.2, 0) is 4.79 Å². The molecule has 0 amide bonds. The molecule has 3 nitrogen and oxygen atoms in total. The minimum absolute atomic E-state index is 0.510. The standard InChI is InChI=1S/C14H11NO2/c1-17-13-9-5-8-12(14(13)15-10-16)11-6-3-2-4-7-11/h2-9H,1H3. The molecule has 0 heterocycles. The van der Waals surface area contributed by atoms with Crippen LogP contribution in [0.4, 0.5) is 5.69 Å². The van der Waals surface area contributed by atoms with E-state index in [9.17, 15) is 4.79 Å². The molecular formula is C14H11NO2. The number of ether oxygens (including phenoxy) is 1. The zero-order valence-electron chi connectivity index (χ0n) is 9.38. The Bertz CT molecular complexity index is 558. The van der Waals surface area contributed by atoms with Crippen molar-refractivity contribution in [1.29, 1.82) is 0 Å². The number of methoxy groups -OCH3 is 1. The van der Waals surface area contributed by atoms with Crippen LogP contribution in [0.2, 0.25) is 0 Å². The molecule has 0 aromatic heterocycles. The number of hydrogen-bond donors (Lipinski definition) is 0. The number of para-hydroxylation sites is 1. The Balaban J connectivity index is 2.65. The molecule has 0 fully saturated rings. The minimum atomic E-state index is 0.510. The van der Waals surface area contributed by atoms with Gasteiger partial charge < -0.3 is 4.74 Å². The quantitative estimate of drug-likeness (QED) is 0.593. The van der Waals surface area contributed by atoms with Gasteiger partial charge in [0.05, 0.1) is 7.11 Å². The van der Waals surface area contributed by atoms with Crippen molar-refractivity contribution in [3.63, 3.8) is 0 Å². The Morgan fingerprint density at radius 2 is 1.82 bits per heavy atom. The number of rotatable bonds is 3. The second-order valence-electron chi connectivity index (χ2n) is 3.43. The van der Waals surface area contributed by atoms with Crippen molar-refractivity contribution in [3.05, 3.63) is 48.5 Å². The van der Waals surface area contributed by atoms with E-state index in [0.29, 0.717) is 11.4 Å². The Kier molecular flexibility index (Phi) is 3.34. The molecule has 17 heavy (non-hydrogen) atoms. The van der Waals surface area contributed by atoms with Gasteiger partial charge in [0.1, 0.15) is 11.4 Å². The van der Waals surface area contributed by atoms with Gasteiger partial charge in [-0.2, -0.15) is 4.99 Å². The predicted molar refractivity (Wildman–Crippen MR) is 66.2 cm³/mol. The van der Waals surface area contributed by atoms with Crippen molar-refractivity contribution in [2.45, 2.75) is 0 Å². The molecule has 0 aliphatic carbocycles. The maximum Gasteiger partial charge on any atom is 0.240 e. The van der Waals surface area contributed by atoms with E-state index in [2.05, 4.69) is 4.99 Å². The van der Waals surface area contributed by atoms with E-state index in [1.165, 1.54) is 0 Å². The molecular weight excluding hydrogens is 214 g/mol. The Morgan fingerprint density at radius 3 is 2.47 bits per heavy atom. The molecule has 84 valence electrons. The van der Waals surface area contributed by atoms with Gasteiger partial charge in [-0.05, 0) is 11.6 Å². The highest BCUT2D eigenvalue weighted by atomic mass is 16.5. The van der Waals surface area contributed by atoms with Crippen molar-refractivity contribution in [2.75, 3.05) is 7.11 Å². The lowest BCUT2D eigenvalue weighted by Gasteiger charge is -2.08. The Morgan fingerprint density at radius 1 is 1.06 bits per heavy atom. The third-order valence-corrected chi connectivity index (χ3v) is 2.46. The fourth-order valence-corrected chi connectivity index (χ4v) is 1.70. The average molecular weight is 225 g/mol. The highest BCUT2D eigenvalue weighted by Gasteiger charge is 2.09. The van der Waals surface area contributed by atoms with Crippen LogP contribution in [-0.4, -0.2) is 13.2 Å². The molecule has 3 heteroatoms. The molecule has 0 radical (unpaired) electrons. The summed E-state index contributed by atoms with van der Waals surface area (Å²) in [7, 11) is 1.55. The SMILES string of the molecule is COc1cccc(-c2ccccc2)c1N=C=O. The maximum atomic E-state index is 10.5. The molecule has 0 saturated carbocycles. The fourth-order valence-electron chi connectivity index (χ4n) is 1.70. The van der Waals surface area contributed by atoms with Crippen LogP contribution in [0.3, 0.4) is 0 Å². The van der Waals surface area contributed by atoms with Crippen LogP contribution in [0.15, 0.2) is 53.5 Å². The fraction of sp³-hybridized carbons (Fsp3) is 0.0714. The number of benzene rings is 2. The van der Waals surface area contributed by atoms with Crippen LogP contribution < -0.4 is 4.74 Å². The summed E-state index contributed by atoms with van der Waals surface area (Å²) in [5.41, 5.74) is 2.35. The smallest absolute Gasteiger partial charge is 0.240 e. The van der Waals surface area contributed by atoms with Crippen molar-refractivity contribution in [2.24, 2.45) is 4.99 Å². The van der Waals surface area contributed by atoms with Gasteiger partial charge in [-0.1, -0.05) is 42.5 Å². The molecule has 0 spiro atoms. The lowest BCUT2D eigenvalue weighted by atomic mass is 10.0. The van der Waals surface area contributed by atoms with Crippen molar-refractivity contribution < 1.29 is 9.53 Å². The summed E-state index contributed by atoms with van der Waals surface area (Å²) in [4.78, 5) is 14.2. The number of isocyanates is 1. The van der Waals surface area contributed by atoms with Gasteiger partial charge in [-0.3, -0.25) is 0 Å². The first-order valence-corrected chi connectivity index (χ1v) is 5.17. The molecule has 2 rings (SSSR count). The van der Waals surface area contributed by atoms with E-state index in [1.54, 1.807) is 19.3 Å². The molecule has 0 bridgehead atoms. The van der Waals surface area contributed by atoms with Crippen LogP contribution in [0.1, 0.15) is 0 Å².